The van der Waals surface area contributed by atoms with Gasteiger partial charge in [-0.25, -0.2) is 9.59 Å². The number of methoxy groups -OCH3 is 1. The molecule has 0 spiro atoms. The first-order chi connectivity index (χ1) is 8.35. The Kier molecular flexibility index (Phi) is 4.31. The Balaban J connectivity index is 2.65. The molecule has 1 aromatic carbocycles. The van der Waals surface area contributed by atoms with Crippen LogP contribution in [-0.2, 0) is 9.53 Å². The third-order valence-electron chi connectivity index (χ3n) is 2.40. The standard InChI is InChI=1S/C13H18N2O3/c1-9-6-5-7-10(8-9)14-12(17)15-13(2,3)11(16)18-4/h5-8H,1-4H3,(H2,14,15,17). The van der Waals surface area contributed by atoms with Gasteiger partial charge in [-0.1, -0.05) is 12.1 Å². The zero-order chi connectivity index (χ0) is 13.8. The van der Waals surface area contributed by atoms with Gasteiger partial charge in [0.2, 0.25) is 0 Å². The Bertz CT molecular complexity index is 455. The van der Waals surface area contributed by atoms with Crippen molar-refractivity contribution in [2.75, 3.05) is 12.4 Å². The lowest BCUT2D eigenvalue weighted by Gasteiger charge is -2.23. The second-order valence-corrected chi connectivity index (χ2v) is 4.57. The van der Waals surface area contributed by atoms with Crippen LogP contribution in [-0.4, -0.2) is 24.6 Å². The van der Waals surface area contributed by atoms with Gasteiger partial charge in [0.25, 0.3) is 0 Å². The summed E-state index contributed by atoms with van der Waals surface area (Å²) >= 11 is 0. The number of benzene rings is 1. The van der Waals surface area contributed by atoms with E-state index in [1.165, 1.54) is 7.11 Å². The van der Waals surface area contributed by atoms with Gasteiger partial charge in [0, 0.05) is 5.69 Å². The molecular weight excluding hydrogens is 232 g/mol. The maximum Gasteiger partial charge on any atom is 0.331 e. The summed E-state index contributed by atoms with van der Waals surface area (Å²) in [4.78, 5) is 23.1. The summed E-state index contributed by atoms with van der Waals surface area (Å²) in [6.45, 7) is 5.09. The van der Waals surface area contributed by atoms with Gasteiger partial charge in [-0.2, -0.15) is 0 Å². The van der Waals surface area contributed by atoms with Crippen molar-refractivity contribution in [2.24, 2.45) is 0 Å². The van der Waals surface area contributed by atoms with Crippen LogP contribution in [0.5, 0.6) is 0 Å². The lowest BCUT2D eigenvalue weighted by molar-refractivity contribution is -0.146. The number of esters is 1. The molecule has 5 heteroatoms. The Morgan fingerprint density at radius 2 is 1.94 bits per heavy atom. The molecule has 0 aliphatic heterocycles. The lowest BCUT2D eigenvalue weighted by atomic mass is 10.1. The summed E-state index contributed by atoms with van der Waals surface area (Å²) in [6.07, 6.45) is 0. The fraction of sp³-hybridized carbons (Fsp3) is 0.385. The van der Waals surface area contributed by atoms with Gasteiger partial charge < -0.3 is 15.4 Å². The fourth-order valence-electron chi connectivity index (χ4n) is 1.48. The predicted molar refractivity (Wildman–Crippen MR) is 69.4 cm³/mol. The maximum absolute atomic E-state index is 11.7. The zero-order valence-electron chi connectivity index (χ0n) is 11.0. The van der Waals surface area contributed by atoms with Gasteiger partial charge in [0.05, 0.1) is 7.11 Å². The maximum atomic E-state index is 11.7. The molecule has 0 saturated heterocycles. The van der Waals surface area contributed by atoms with Gasteiger partial charge in [-0.3, -0.25) is 0 Å². The highest BCUT2D eigenvalue weighted by atomic mass is 16.5. The number of hydrogen-bond donors (Lipinski definition) is 2. The molecule has 0 radical (unpaired) electrons. The Morgan fingerprint density at radius 3 is 2.50 bits per heavy atom. The van der Waals surface area contributed by atoms with Gasteiger partial charge in [0.15, 0.2) is 0 Å². The van der Waals surface area contributed by atoms with Crippen LogP contribution in [0.2, 0.25) is 0 Å². The highest BCUT2D eigenvalue weighted by Crippen LogP contribution is 2.10. The van der Waals surface area contributed by atoms with Gasteiger partial charge in [-0.05, 0) is 38.5 Å². The number of rotatable bonds is 3. The van der Waals surface area contributed by atoms with Crippen LogP contribution in [0.1, 0.15) is 19.4 Å². The van der Waals surface area contributed by atoms with Crippen molar-refractivity contribution in [3.8, 4) is 0 Å². The summed E-state index contributed by atoms with van der Waals surface area (Å²) in [6, 6.07) is 6.94. The molecule has 1 rings (SSSR count). The quantitative estimate of drug-likeness (QED) is 0.807. The van der Waals surface area contributed by atoms with E-state index in [4.69, 9.17) is 0 Å². The minimum absolute atomic E-state index is 0.448. The Morgan fingerprint density at radius 1 is 1.28 bits per heavy atom. The van der Waals surface area contributed by atoms with E-state index in [1.54, 1.807) is 19.9 Å². The monoisotopic (exact) mass is 250 g/mol. The molecule has 0 fully saturated rings. The van der Waals surface area contributed by atoms with Crippen LogP contribution in [0, 0.1) is 6.92 Å². The van der Waals surface area contributed by atoms with E-state index in [1.807, 2.05) is 25.1 Å². The number of anilines is 1. The second kappa shape index (κ2) is 5.53. The molecule has 18 heavy (non-hydrogen) atoms. The largest absolute Gasteiger partial charge is 0.467 e. The normalized spacial score (nSPS) is 10.7. The van der Waals surface area contributed by atoms with Crippen molar-refractivity contribution >= 4 is 17.7 Å². The third-order valence-corrected chi connectivity index (χ3v) is 2.40. The van der Waals surface area contributed by atoms with Gasteiger partial charge >= 0.3 is 12.0 Å². The number of carbonyl (C=O) groups excluding carboxylic acids is 2. The predicted octanol–water partition coefficient (Wildman–Crippen LogP) is 2.07. The topological polar surface area (TPSA) is 67.4 Å². The van der Waals surface area contributed by atoms with E-state index in [2.05, 4.69) is 15.4 Å². The number of hydrogen-bond acceptors (Lipinski definition) is 3. The molecule has 2 N–H and O–H groups in total. The van der Waals surface area contributed by atoms with E-state index in [-0.39, 0.29) is 0 Å². The fourth-order valence-corrected chi connectivity index (χ4v) is 1.48. The van der Waals surface area contributed by atoms with E-state index in [9.17, 15) is 9.59 Å². The van der Waals surface area contributed by atoms with E-state index >= 15 is 0 Å². The van der Waals surface area contributed by atoms with Crippen molar-refractivity contribution in [3.63, 3.8) is 0 Å². The first-order valence-electron chi connectivity index (χ1n) is 5.59. The van der Waals surface area contributed by atoms with Crippen LogP contribution in [0.15, 0.2) is 24.3 Å². The van der Waals surface area contributed by atoms with Crippen LogP contribution in [0.4, 0.5) is 10.5 Å². The lowest BCUT2D eigenvalue weighted by Crippen LogP contribution is -2.51. The highest BCUT2D eigenvalue weighted by Gasteiger charge is 2.30. The molecule has 0 unspecified atom stereocenters. The third kappa shape index (κ3) is 3.76. The highest BCUT2D eigenvalue weighted by molar-refractivity contribution is 5.94. The molecule has 0 heterocycles. The minimum atomic E-state index is -1.07. The summed E-state index contributed by atoms with van der Waals surface area (Å²) in [7, 11) is 1.28. The molecule has 2 amide bonds. The van der Waals surface area contributed by atoms with Crippen molar-refractivity contribution in [1.82, 2.24) is 5.32 Å². The molecule has 98 valence electrons. The van der Waals surface area contributed by atoms with E-state index in [0.717, 1.165) is 5.56 Å². The number of nitrogens with one attached hydrogen (secondary N) is 2. The summed E-state index contributed by atoms with van der Waals surface area (Å²) in [5.74, 6) is -0.498. The number of aryl methyl sites for hydroxylation is 1. The average Bonchev–Trinajstić information content (AvgIpc) is 2.26. The van der Waals surface area contributed by atoms with Crippen molar-refractivity contribution in [2.45, 2.75) is 26.3 Å². The minimum Gasteiger partial charge on any atom is -0.467 e. The van der Waals surface area contributed by atoms with Gasteiger partial charge in [-0.15, -0.1) is 0 Å². The number of amides is 2. The second-order valence-electron chi connectivity index (χ2n) is 4.57. The summed E-state index contributed by atoms with van der Waals surface area (Å²) in [5.41, 5.74) is 0.649. The van der Waals surface area contributed by atoms with Crippen LogP contribution in [0.3, 0.4) is 0 Å². The summed E-state index contributed by atoms with van der Waals surface area (Å²) in [5, 5.41) is 5.21. The molecule has 0 aromatic heterocycles. The smallest absolute Gasteiger partial charge is 0.331 e. The Hall–Kier alpha value is -2.04. The molecule has 0 aliphatic carbocycles. The SMILES string of the molecule is COC(=O)C(C)(C)NC(=O)Nc1cccc(C)c1. The van der Waals surface area contributed by atoms with Crippen LogP contribution >= 0.6 is 0 Å². The number of carbonyl (C=O) groups is 2. The summed E-state index contributed by atoms with van der Waals surface area (Å²) < 4.78 is 4.60. The molecule has 0 aliphatic rings. The molecule has 0 atom stereocenters. The number of ether oxygens (including phenoxy) is 1. The first-order valence-corrected chi connectivity index (χ1v) is 5.59. The van der Waals surface area contributed by atoms with Crippen molar-refractivity contribution < 1.29 is 14.3 Å². The molecule has 0 bridgehead atoms. The van der Waals surface area contributed by atoms with Crippen molar-refractivity contribution in [3.05, 3.63) is 29.8 Å². The van der Waals surface area contributed by atoms with Gasteiger partial charge in [0.1, 0.15) is 5.54 Å². The molecule has 5 nitrogen and oxygen atoms in total. The zero-order valence-corrected chi connectivity index (χ0v) is 11.0. The van der Waals surface area contributed by atoms with Crippen LogP contribution in [0.25, 0.3) is 0 Å². The van der Waals surface area contributed by atoms with Crippen molar-refractivity contribution in [1.29, 1.82) is 0 Å². The van der Waals surface area contributed by atoms with E-state index in [0.29, 0.717) is 5.69 Å². The number of urea groups is 1. The first kappa shape index (κ1) is 14.0. The molecule has 0 saturated carbocycles. The molecule has 1 aromatic rings. The molecular formula is C13H18N2O3. The van der Waals surface area contributed by atoms with E-state index < -0.39 is 17.5 Å². The van der Waals surface area contributed by atoms with Crippen LogP contribution < -0.4 is 10.6 Å². The Labute approximate surface area is 107 Å². The average molecular weight is 250 g/mol.